The average Bonchev–Trinajstić information content (AvgIpc) is 3.85. The normalized spacial score (nSPS) is 11.5. The van der Waals surface area contributed by atoms with Crippen LogP contribution in [-0.4, -0.2) is 67.5 Å². The van der Waals surface area contributed by atoms with Crippen molar-refractivity contribution in [2.45, 2.75) is 47.7 Å². The minimum Gasteiger partial charge on any atom is -0.461 e. The molecule has 0 saturated carbocycles. The van der Waals surface area contributed by atoms with Crippen LogP contribution in [0.3, 0.4) is 0 Å². The van der Waals surface area contributed by atoms with E-state index >= 15 is 0 Å². The molecule has 2 heterocycles. The van der Waals surface area contributed by atoms with E-state index in [9.17, 15) is 39.4 Å². The molecular formula is C55H48N6O12. The smallest absolute Gasteiger partial charge is 0.333 e. The Morgan fingerprint density at radius 3 is 1.33 bits per heavy atom. The lowest BCUT2D eigenvalue weighted by Crippen LogP contribution is -2.11. The molecule has 2 aromatic heterocycles. The molecule has 0 saturated heterocycles. The van der Waals surface area contributed by atoms with Crippen molar-refractivity contribution in [1.29, 1.82) is 0 Å². The maximum atomic E-state index is 11.9. The van der Waals surface area contributed by atoms with Crippen molar-refractivity contribution in [3.8, 4) is 0 Å². The molecule has 0 spiro atoms. The van der Waals surface area contributed by atoms with E-state index in [1.807, 2.05) is 108 Å². The zero-order valence-electron chi connectivity index (χ0n) is 40.4. The number of benzene rings is 6. The summed E-state index contributed by atoms with van der Waals surface area (Å²) in [5.41, 5.74) is 8.98. The topological polar surface area (TPSA) is 226 Å². The molecule has 0 unspecified atom stereocenters. The Bertz CT molecular complexity index is 3620. The predicted molar refractivity (Wildman–Crippen MR) is 276 cm³/mol. The first-order chi connectivity index (χ1) is 35.0. The van der Waals surface area contributed by atoms with Crippen LogP contribution in [0.25, 0.3) is 43.6 Å². The van der Waals surface area contributed by atoms with E-state index < -0.39 is 33.7 Å². The molecule has 6 aromatic carbocycles. The third kappa shape index (κ3) is 11.6. The van der Waals surface area contributed by atoms with E-state index in [1.165, 1.54) is 38.1 Å². The number of carbonyl (C=O) groups excluding carboxylic acids is 4. The van der Waals surface area contributed by atoms with E-state index in [-0.39, 0.29) is 24.6 Å². The van der Waals surface area contributed by atoms with E-state index in [4.69, 9.17) is 19.1 Å². The van der Waals surface area contributed by atoms with Crippen molar-refractivity contribution in [3.63, 3.8) is 0 Å². The largest absolute Gasteiger partial charge is 0.461 e. The Morgan fingerprint density at radius 2 is 0.959 bits per heavy atom. The van der Waals surface area contributed by atoms with Gasteiger partial charge in [-0.1, -0.05) is 84.1 Å². The van der Waals surface area contributed by atoms with Crippen LogP contribution in [0.1, 0.15) is 54.2 Å². The van der Waals surface area contributed by atoms with Gasteiger partial charge in [0, 0.05) is 116 Å². The van der Waals surface area contributed by atoms with Gasteiger partial charge in [-0.15, -0.1) is 0 Å². The van der Waals surface area contributed by atoms with Crippen molar-refractivity contribution in [2.24, 2.45) is 10.3 Å². The zero-order valence-corrected chi connectivity index (χ0v) is 40.4. The van der Waals surface area contributed by atoms with Crippen LogP contribution in [0.4, 0.5) is 11.4 Å². The van der Waals surface area contributed by atoms with Gasteiger partial charge in [0.15, 0.2) is 0 Å². The number of ether oxygens (including phenoxy) is 2. The van der Waals surface area contributed by atoms with Gasteiger partial charge < -0.3 is 28.3 Å². The molecule has 18 nitrogen and oxygen atoms in total. The molecule has 0 aliphatic rings. The number of rotatable bonds is 16. The summed E-state index contributed by atoms with van der Waals surface area (Å²) in [6.45, 7) is 15.8. The van der Waals surface area contributed by atoms with E-state index in [0.29, 0.717) is 52.0 Å². The van der Waals surface area contributed by atoms with Crippen LogP contribution in [0.5, 0.6) is 0 Å². The Kier molecular flexibility index (Phi) is 15.8. The quantitative estimate of drug-likeness (QED) is 0.0220. The fourth-order valence-corrected chi connectivity index (χ4v) is 8.25. The Balaban J connectivity index is 0.000000214. The highest BCUT2D eigenvalue weighted by Crippen LogP contribution is 2.35. The van der Waals surface area contributed by atoms with Crippen molar-refractivity contribution in [2.75, 3.05) is 13.2 Å². The van der Waals surface area contributed by atoms with Crippen LogP contribution in [0, 0.1) is 34.1 Å². The number of nitrogens with zero attached hydrogens (tertiary/aromatic N) is 6. The summed E-state index contributed by atoms with van der Waals surface area (Å²) in [6, 6.07) is 35.6. The van der Waals surface area contributed by atoms with Crippen LogP contribution < -0.4 is 0 Å². The highest BCUT2D eigenvalue weighted by atomic mass is 16.7. The van der Waals surface area contributed by atoms with Crippen LogP contribution >= 0.6 is 0 Å². The molecular weight excluding hydrogens is 937 g/mol. The van der Waals surface area contributed by atoms with Crippen LogP contribution in [0.2, 0.25) is 0 Å². The summed E-state index contributed by atoms with van der Waals surface area (Å²) >= 11 is 0. The molecule has 0 bridgehead atoms. The van der Waals surface area contributed by atoms with Crippen molar-refractivity contribution in [3.05, 3.63) is 200 Å². The summed E-state index contributed by atoms with van der Waals surface area (Å²) < 4.78 is 14.3. The second-order valence-electron chi connectivity index (χ2n) is 16.6. The standard InChI is InChI=1S/C28H25N3O6.C27H23N3O6/c1-17(2)28(33)36-14-13-30-25-11-9-20(15-23(25)24-16-21(31(34)35)10-12-26(24)30)27(29-37-19(4)32)22-8-6-5-7-18(22)3;1-4-26(32)35-14-13-29-24-11-9-19(15-22(24)23-16-20(30(33)34)10-12-25(23)29)27(28-36-18(3)31)21-8-6-5-7-17(21)2/h5-12,15-16H,1,13-14H2,2-4H3;4-12,15-16H,1,13-14H2,2-3H3/b29-27-;28-27-. The van der Waals surface area contributed by atoms with E-state index in [1.54, 1.807) is 19.1 Å². The summed E-state index contributed by atoms with van der Waals surface area (Å²) in [7, 11) is 0. The van der Waals surface area contributed by atoms with E-state index in [0.717, 1.165) is 61.2 Å². The highest BCUT2D eigenvalue weighted by molar-refractivity contribution is 6.19. The summed E-state index contributed by atoms with van der Waals surface area (Å²) in [5.74, 6) is -2.12. The lowest BCUT2D eigenvalue weighted by Gasteiger charge is -2.11. The molecule has 18 heteroatoms. The number of esters is 2. The Morgan fingerprint density at radius 1 is 0.575 bits per heavy atom. The number of fused-ring (bicyclic) bond motifs is 6. The lowest BCUT2D eigenvalue weighted by molar-refractivity contribution is -0.384. The van der Waals surface area contributed by atoms with Gasteiger partial charge in [-0.2, -0.15) is 0 Å². The maximum absolute atomic E-state index is 11.9. The first kappa shape index (κ1) is 51.3. The second-order valence-corrected chi connectivity index (χ2v) is 16.6. The number of hydrogen-bond acceptors (Lipinski definition) is 14. The monoisotopic (exact) mass is 984 g/mol. The molecule has 0 amide bonds. The van der Waals surface area contributed by atoms with E-state index in [2.05, 4.69) is 23.5 Å². The van der Waals surface area contributed by atoms with Crippen molar-refractivity contribution >= 4 is 90.3 Å². The second kappa shape index (κ2) is 22.4. The summed E-state index contributed by atoms with van der Waals surface area (Å²) in [6.07, 6.45) is 1.09. The van der Waals surface area contributed by atoms with Crippen LogP contribution in [0.15, 0.2) is 156 Å². The molecule has 8 aromatic rings. The number of nitro benzene ring substituents is 2. The van der Waals surface area contributed by atoms with Crippen molar-refractivity contribution < 1.29 is 48.2 Å². The molecule has 0 radical (unpaired) electrons. The number of oxime groups is 2. The fraction of sp³-hybridized carbons (Fsp3) is 0.164. The number of nitro groups is 2. The molecule has 73 heavy (non-hydrogen) atoms. The molecule has 0 N–H and O–H groups in total. The van der Waals surface area contributed by atoms with Gasteiger partial charge in [-0.05, 0) is 68.3 Å². The van der Waals surface area contributed by atoms with Gasteiger partial charge in [0.1, 0.15) is 24.6 Å². The lowest BCUT2D eigenvalue weighted by atomic mass is 9.97. The number of aromatic nitrogens is 2. The summed E-state index contributed by atoms with van der Waals surface area (Å²) in [5, 5.41) is 34.1. The first-order valence-electron chi connectivity index (χ1n) is 22.6. The average molecular weight is 985 g/mol. The van der Waals surface area contributed by atoms with Gasteiger partial charge in [0.05, 0.1) is 22.9 Å². The van der Waals surface area contributed by atoms with Crippen molar-refractivity contribution in [1.82, 2.24) is 9.13 Å². The molecule has 0 atom stereocenters. The minimum atomic E-state index is -0.552. The zero-order chi connectivity index (χ0) is 52.5. The number of aryl methyl sites for hydroxylation is 2. The third-order valence-corrected chi connectivity index (χ3v) is 11.6. The number of hydrogen-bond donors (Lipinski definition) is 0. The highest BCUT2D eigenvalue weighted by Gasteiger charge is 2.21. The first-order valence-corrected chi connectivity index (χ1v) is 22.6. The predicted octanol–water partition coefficient (Wildman–Crippen LogP) is 10.5. The van der Waals surface area contributed by atoms with Gasteiger partial charge in [-0.25, -0.2) is 19.2 Å². The van der Waals surface area contributed by atoms with Gasteiger partial charge in [-0.3, -0.25) is 20.2 Å². The molecule has 0 aliphatic carbocycles. The molecule has 0 fully saturated rings. The minimum absolute atomic E-state index is 0.0432. The SMILES string of the molecule is C=C(C)C(=O)OCCn1c2ccc(/C(=N/OC(C)=O)c3ccccc3C)cc2c2cc([N+](=O)[O-])ccc21.C=CC(=O)OCCn1c2ccc(/C(=N/OC(C)=O)c3ccccc3C)cc2c2cc([N+](=O)[O-])ccc21. The van der Waals surface area contributed by atoms with Crippen LogP contribution in [-0.2, 0) is 51.4 Å². The summed E-state index contributed by atoms with van der Waals surface area (Å²) in [4.78, 5) is 78.5. The molecule has 0 aliphatic heterocycles. The van der Waals surface area contributed by atoms with Gasteiger partial charge in [0.25, 0.3) is 11.4 Å². The Labute approximate surface area is 417 Å². The third-order valence-electron chi connectivity index (χ3n) is 11.6. The number of non-ortho nitro benzene ring substituents is 2. The maximum Gasteiger partial charge on any atom is 0.333 e. The fourth-order valence-electron chi connectivity index (χ4n) is 8.25. The van der Waals surface area contributed by atoms with Gasteiger partial charge in [0.2, 0.25) is 0 Å². The molecule has 370 valence electrons. The number of carbonyl (C=O) groups is 4. The van der Waals surface area contributed by atoms with Gasteiger partial charge >= 0.3 is 23.9 Å². The Hall–Kier alpha value is -9.58. The molecule has 8 rings (SSSR count).